The number of carbonyl (C=O) groups is 2. The normalized spacial score (nSPS) is 15.4. The number of carbonyl (C=O) groups excluding carboxylic acids is 2. The average Bonchev–Trinajstić information content (AvgIpc) is 3.36. The Bertz CT molecular complexity index is 1560. The first kappa shape index (κ1) is 25.2. The van der Waals surface area contributed by atoms with E-state index in [9.17, 15) is 18.0 Å². The van der Waals surface area contributed by atoms with Crippen molar-refractivity contribution in [1.29, 1.82) is 0 Å². The third-order valence-corrected chi connectivity index (χ3v) is 8.90. The Morgan fingerprint density at radius 1 is 0.919 bits per heavy atom. The highest BCUT2D eigenvalue weighted by molar-refractivity contribution is 7.89. The van der Waals surface area contributed by atoms with E-state index in [-0.39, 0.29) is 15.5 Å². The van der Waals surface area contributed by atoms with Crippen LogP contribution in [0.1, 0.15) is 51.6 Å². The molecule has 0 saturated carbocycles. The number of fused-ring (bicyclic) bond motifs is 1. The maximum absolute atomic E-state index is 13.7. The van der Waals surface area contributed by atoms with E-state index in [4.69, 9.17) is 16.3 Å². The number of halogens is 1. The van der Waals surface area contributed by atoms with Gasteiger partial charge in [0, 0.05) is 41.3 Å². The maximum atomic E-state index is 13.7. The van der Waals surface area contributed by atoms with Gasteiger partial charge >= 0.3 is 5.97 Å². The summed E-state index contributed by atoms with van der Waals surface area (Å²) in [4.78, 5) is 29.9. The molecule has 0 bridgehead atoms. The number of hydrogen-bond acceptors (Lipinski definition) is 5. The summed E-state index contributed by atoms with van der Waals surface area (Å²) in [7, 11) is -3.88. The van der Waals surface area contributed by atoms with Gasteiger partial charge in [-0.25, -0.2) is 13.2 Å². The smallest absolute Gasteiger partial charge is 0.339 e. The molecule has 190 valence electrons. The molecule has 1 saturated heterocycles. The predicted molar refractivity (Wildman–Crippen MR) is 141 cm³/mol. The molecule has 4 aromatic rings. The summed E-state index contributed by atoms with van der Waals surface area (Å²) in [6, 6.07) is 20.1. The summed E-state index contributed by atoms with van der Waals surface area (Å²) in [5, 5.41) is 0.738. The van der Waals surface area contributed by atoms with Crippen LogP contribution in [-0.4, -0.2) is 42.5 Å². The Morgan fingerprint density at radius 2 is 1.62 bits per heavy atom. The number of hydrogen-bond donors (Lipinski definition) is 1. The molecule has 1 aliphatic rings. The Hall–Kier alpha value is -3.46. The summed E-state index contributed by atoms with van der Waals surface area (Å²) in [6.07, 6.45) is 2.88. The summed E-state index contributed by atoms with van der Waals surface area (Å²) in [5.41, 5.74) is 1.67. The van der Waals surface area contributed by atoms with E-state index in [0.717, 1.165) is 24.8 Å². The van der Waals surface area contributed by atoms with E-state index < -0.39 is 27.9 Å². The molecule has 9 heteroatoms. The molecule has 0 aliphatic carbocycles. The number of H-pyrrole nitrogens is 1. The Labute approximate surface area is 220 Å². The minimum atomic E-state index is -3.88. The number of sulfonamides is 1. The van der Waals surface area contributed by atoms with Crippen LogP contribution in [0.3, 0.4) is 0 Å². The minimum absolute atomic E-state index is 0.00681. The van der Waals surface area contributed by atoms with Crippen LogP contribution in [0.15, 0.2) is 83.9 Å². The third kappa shape index (κ3) is 5.05. The fraction of sp³-hybridized carbons (Fsp3) is 0.214. The van der Waals surface area contributed by atoms with Gasteiger partial charge in [-0.3, -0.25) is 4.79 Å². The third-order valence-electron chi connectivity index (χ3n) is 6.52. The Morgan fingerprint density at radius 3 is 2.38 bits per heavy atom. The molecule has 37 heavy (non-hydrogen) atoms. The second-order valence-electron chi connectivity index (χ2n) is 8.92. The lowest BCUT2D eigenvalue weighted by atomic mass is 9.99. The molecule has 3 aromatic carbocycles. The first-order valence-corrected chi connectivity index (χ1v) is 13.8. The molecule has 7 nitrogen and oxygen atoms in total. The Kier molecular flexibility index (Phi) is 7.15. The zero-order chi connectivity index (χ0) is 26.0. The number of nitrogens with one attached hydrogen (secondary N) is 1. The predicted octanol–water partition coefficient (Wildman–Crippen LogP) is 5.78. The van der Waals surface area contributed by atoms with Crippen LogP contribution < -0.4 is 0 Å². The van der Waals surface area contributed by atoms with Gasteiger partial charge in [0.25, 0.3) is 0 Å². The van der Waals surface area contributed by atoms with Crippen LogP contribution in [0.4, 0.5) is 0 Å². The van der Waals surface area contributed by atoms with Crippen molar-refractivity contribution < 1.29 is 22.7 Å². The number of aromatic nitrogens is 1. The van der Waals surface area contributed by atoms with E-state index in [0.29, 0.717) is 29.6 Å². The zero-order valence-corrected chi connectivity index (χ0v) is 21.5. The average molecular weight is 537 g/mol. The van der Waals surface area contributed by atoms with Crippen LogP contribution in [0.5, 0.6) is 0 Å². The molecule has 1 aromatic heterocycles. The monoisotopic (exact) mass is 536 g/mol. The highest BCUT2D eigenvalue weighted by Crippen LogP contribution is 2.31. The molecule has 0 spiro atoms. The van der Waals surface area contributed by atoms with Crippen molar-refractivity contribution in [2.75, 3.05) is 13.1 Å². The number of rotatable bonds is 7. The molecule has 1 fully saturated rings. The van der Waals surface area contributed by atoms with Gasteiger partial charge in [-0.1, -0.05) is 66.6 Å². The number of nitrogens with zero attached hydrogens (tertiary/aromatic N) is 1. The van der Waals surface area contributed by atoms with Crippen molar-refractivity contribution in [1.82, 2.24) is 9.29 Å². The maximum Gasteiger partial charge on any atom is 0.339 e. The van der Waals surface area contributed by atoms with Gasteiger partial charge in [0.1, 0.15) is 4.90 Å². The first-order valence-electron chi connectivity index (χ1n) is 12.0. The quantitative estimate of drug-likeness (QED) is 0.239. The Balaban J connectivity index is 1.48. The molecule has 0 amide bonds. The molecule has 2 heterocycles. The molecule has 1 aliphatic heterocycles. The fourth-order valence-electron chi connectivity index (χ4n) is 4.56. The number of aromatic amines is 1. The molecule has 1 unspecified atom stereocenters. The SMILES string of the molecule is O=C(OC(C(=O)c1c[nH]c2ccccc12)c1ccccc1)c1ccc(Cl)c(S(=O)(=O)N2CCCCC2)c1. The second-order valence-corrected chi connectivity index (χ2v) is 11.2. The van der Waals surface area contributed by atoms with Crippen LogP contribution >= 0.6 is 11.6 Å². The minimum Gasteiger partial charge on any atom is -0.445 e. The van der Waals surface area contributed by atoms with E-state index in [2.05, 4.69) is 4.98 Å². The van der Waals surface area contributed by atoms with Gasteiger partial charge < -0.3 is 9.72 Å². The second kappa shape index (κ2) is 10.5. The van der Waals surface area contributed by atoms with E-state index in [1.165, 1.54) is 22.5 Å². The molecule has 1 N–H and O–H groups in total. The van der Waals surface area contributed by atoms with Gasteiger partial charge in [0.05, 0.1) is 10.6 Å². The number of para-hydroxylation sites is 1. The summed E-state index contributed by atoms with van der Waals surface area (Å²) >= 11 is 6.26. The fourth-order valence-corrected chi connectivity index (χ4v) is 6.58. The lowest BCUT2D eigenvalue weighted by Gasteiger charge is -2.26. The summed E-state index contributed by atoms with van der Waals surface area (Å²) in [5.74, 6) is -1.22. The van der Waals surface area contributed by atoms with Gasteiger partial charge in [-0.2, -0.15) is 4.31 Å². The summed E-state index contributed by atoms with van der Waals surface area (Å²) < 4.78 is 33.6. The van der Waals surface area contributed by atoms with Crippen molar-refractivity contribution >= 4 is 44.3 Å². The number of piperidine rings is 1. The summed E-state index contributed by atoms with van der Waals surface area (Å²) in [6.45, 7) is 0.811. The topological polar surface area (TPSA) is 96.5 Å². The highest BCUT2D eigenvalue weighted by atomic mass is 35.5. The molecular formula is C28H25ClN2O5S. The number of ether oxygens (including phenoxy) is 1. The van der Waals surface area contributed by atoms with E-state index in [1.807, 2.05) is 24.3 Å². The van der Waals surface area contributed by atoms with Gasteiger partial charge in [0.15, 0.2) is 6.10 Å². The highest BCUT2D eigenvalue weighted by Gasteiger charge is 2.31. The standard InChI is InChI=1S/C28H25ClN2O5S/c29-23-14-13-20(17-25(23)37(34,35)31-15-7-2-8-16-31)28(33)36-27(19-9-3-1-4-10-19)26(32)22-18-30-24-12-6-5-11-21(22)24/h1,3-6,9-14,17-18,27,30H,2,7-8,15-16H2. The first-order chi connectivity index (χ1) is 17.9. The van der Waals surface area contributed by atoms with Crippen molar-refractivity contribution in [3.63, 3.8) is 0 Å². The zero-order valence-electron chi connectivity index (χ0n) is 19.9. The van der Waals surface area contributed by atoms with Gasteiger partial charge in [-0.05, 0) is 37.1 Å². The number of benzene rings is 3. The van der Waals surface area contributed by atoms with Crippen LogP contribution in [0.25, 0.3) is 10.9 Å². The van der Waals surface area contributed by atoms with Crippen molar-refractivity contribution in [3.8, 4) is 0 Å². The van der Waals surface area contributed by atoms with Crippen LogP contribution in [-0.2, 0) is 14.8 Å². The lowest BCUT2D eigenvalue weighted by Crippen LogP contribution is -2.35. The van der Waals surface area contributed by atoms with Gasteiger partial charge in [0.2, 0.25) is 15.8 Å². The van der Waals surface area contributed by atoms with Crippen molar-refractivity contribution in [3.05, 3.63) is 101 Å². The number of ketones is 1. The molecular weight excluding hydrogens is 512 g/mol. The van der Waals surface area contributed by atoms with Crippen LogP contribution in [0, 0.1) is 0 Å². The van der Waals surface area contributed by atoms with Crippen molar-refractivity contribution in [2.45, 2.75) is 30.3 Å². The largest absolute Gasteiger partial charge is 0.445 e. The molecule has 0 radical (unpaired) electrons. The number of Topliss-reactive ketones (excluding diaryl/α,β-unsaturated/α-hetero) is 1. The van der Waals surface area contributed by atoms with E-state index in [1.54, 1.807) is 36.5 Å². The molecule has 1 atom stereocenters. The van der Waals surface area contributed by atoms with Gasteiger partial charge in [-0.15, -0.1) is 0 Å². The number of esters is 1. The lowest BCUT2D eigenvalue weighted by molar-refractivity contribution is 0.0280. The van der Waals surface area contributed by atoms with Crippen LogP contribution in [0.2, 0.25) is 5.02 Å². The van der Waals surface area contributed by atoms with Crippen molar-refractivity contribution in [2.24, 2.45) is 0 Å². The molecule has 5 rings (SSSR count). The van der Waals surface area contributed by atoms with E-state index >= 15 is 0 Å².